The van der Waals surface area contributed by atoms with Crippen molar-refractivity contribution in [2.24, 2.45) is 0 Å². The Morgan fingerprint density at radius 3 is 2.84 bits per heavy atom. The quantitative estimate of drug-likeness (QED) is 0.855. The largest absolute Gasteiger partial charge is 0.369 e. The van der Waals surface area contributed by atoms with Crippen LogP contribution in [-0.4, -0.2) is 28.5 Å². The molecule has 2 N–H and O–H groups in total. The van der Waals surface area contributed by atoms with E-state index in [2.05, 4.69) is 27.5 Å². The Hall–Kier alpha value is -1.65. The van der Waals surface area contributed by atoms with Crippen LogP contribution >= 0.6 is 0 Å². The summed E-state index contributed by atoms with van der Waals surface area (Å²) in [5.41, 5.74) is 0.395. The molecule has 0 unspecified atom stereocenters. The third-order valence-electron chi connectivity index (χ3n) is 3.36. The van der Waals surface area contributed by atoms with Crippen molar-refractivity contribution < 1.29 is 4.79 Å². The van der Waals surface area contributed by atoms with Crippen LogP contribution in [0.1, 0.15) is 55.9 Å². The van der Waals surface area contributed by atoms with Gasteiger partial charge in [-0.05, 0) is 19.3 Å². The van der Waals surface area contributed by atoms with Gasteiger partial charge in [0, 0.05) is 12.6 Å². The smallest absolute Gasteiger partial charge is 0.271 e. The number of anilines is 1. The van der Waals surface area contributed by atoms with Gasteiger partial charge < -0.3 is 10.6 Å². The number of carbonyl (C=O) groups excluding carboxylic acids is 1. The highest BCUT2D eigenvalue weighted by Crippen LogP contribution is 2.17. The van der Waals surface area contributed by atoms with E-state index in [4.69, 9.17) is 0 Å². The van der Waals surface area contributed by atoms with E-state index in [9.17, 15) is 4.79 Å². The fourth-order valence-electron chi connectivity index (χ4n) is 2.32. The maximum atomic E-state index is 12.1. The molecule has 1 aromatic rings. The van der Waals surface area contributed by atoms with Gasteiger partial charge in [0.1, 0.15) is 11.5 Å². The molecule has 1 aromatic heterocycles. The van der Waals surface area contributed by atoms with Gasteiger partial charge in [-0.1, -0.05) is 26.2 Å². The Morgan fingerprint density at radius 1 is 1.32 bits per heavy atom. The van der Waals surface area contributed by atoms with Crippen molar-refractivity contribution in [3.8, 4) is 0 Å². The summed E-state index contributed by atoms with van der Waals surface area (Å²) in [7, 11) is 0. The van der Waals surface area contributed by atoms with E-state index in [0.29, 0.717) is 17.6 Å². The van der Waals surface area contributed by atoms with Crippen LogP contribution in [0.25, 0.3) is 0 Å². The third-order valence-corrected chi connectivity index (χ3v) is 3.36. The number of rotatable bonds is 5. The van der Waals surface area contributed by atoms with Crippen molar-refractivity contribution in [1.82, 2.24) is 15.3 Å². The molecular weight excluding hydrogens is 240 g/mol. The second-order valence-electron chi connectivity index (χ2n) is 5.02. The maximum Gasteiger partial charge on any atom is 0.271 e. The summed E-state index contributed by atoms with van der Waals surface area (Å²) < 4.78 is 0. The van der Waals surface area contributed by atoms with Gasteiger partial charge in [0.2, 0.25) is 0 Å². The second-order valence-corrected chi connectivity index (χ2v) is 5.02. The molecule has 5 heteroatoms. The van der Waals surface area contributed by atoms with E-state index in [1.807, 2.05) is 0 Å². The molecule has 19 heavy (non-hydrogen) atoms. The van der Waals surface area contributed by atoms with Crippen molar-refractivity contribution in [2.45, 2.75) is 51.5 Å². The Balaban J connectivity index is 1.93. The Morgan fingerprint density at radius 2 is 2.11 bits per heavy atom. The number of aromatic nitrogens is 2. The zero-order valence-electron chi connectivity index (χ0n) is 11.5. The molecule has 0 spiro atoms. The van der Waals surface area contributed by atoms with Gasteiger partial charge in [-0.3, -0.25) is 9.78 Å². The highest BCUT2D eigenvalue weighted by molar-refractivity contribution is 5.92. The first-order valence-electron chi connectivity index (χ1n) is 7.16. The van der Waals surface area contributed by atoms with Gasteiger partial charge in [-0.25, -0.2) is 4.98 Å². The predicted octanol–water partition coefficient (Wildman–Crippen LogP) is 2.36. The first-order valence-corrected chi connectivity index (χ1v) is 7.16. The second kappa shape index (κ2) is 7.07. The fraction of sp³-hybridized carbons (Fsp3) is 0.643. The highest BCUT2D eigenvalue weighted by atomic mass is 16.1. The average molecular weight is 262 g/mol. The first kappa shape index (κ1) is 13.8. The average Bonchev–Trinajstić information content (AvgIpc) is 2.46. The molecule has 1 saturated carbocycles. The Kier molecular flexibility index (Phi) is 5.12. The molecule has 0 aromatic carbocycles. The molecule has 0 saturated heterocycles. The van der Waals surface area contributed by atoms with Crippen LogP contribution in [0.2, 0.25) is 0 Å². The lowest BCUT2D eigenvalue weighted by molar-refractivity contribution is 0.0922. The molecule has 5 nitrogen and oxygen atoms in total. The van der Waals surface area contributed by atoms with E-state index in [-0.39, 0.29) is 5.91 Å². The summed E-state index contributed by atoms with van der Waals surface area (Å²) in [4.78, 5) is 20.5. The molecule has 0 atom stereocenters. The molecule has 1 heterocycles. The molecule has 0 radical (unpaired) electrons. The van der Waals surface area contributed by atoms with Crippen molar-refractivity contribution in [1.29, 1.82) is 0 Å². The molecule has 2 rings (SSSR count). The maximum absolute atomic E-state index is 12.1. The van der Waals surface area contributed by atoms with Gasteiger partial charge in [0.15, 0.2) is 0 Å². The topological polar surface area (TPSA) is 66.9 Å². The number of amides is 1. The number of nitrogens with one attached hydrogen (secondary N) is 2. The zero-order chi connectivity index (χ0) is 13.5. The SMILES string of the molecule is CCCNc1cncc(C(=O)NC2CCCCC2)n1. The standard InChI is InChI=1S/C14H22N4O/c1-2-8-16-13-10-15-9-12(18-13)14(19)17-11-6-4-3-5-7-11/h9-11H,2-8H2,1H3,(H,16,18)(H,17,19). The van der Waals surface area contributed by atoms with Crippen LogP contribution in [0, 0.1) is 0 Å². The lowest BCUT2D eigenvalue weighted by Gasteiger charge is -2.22. The summed E-state index contributed by atoms with van der Waals surface area (Å²) in [5.74, 6) is 0.553. The van der Waals surface area contributed by atoms with Crippen molar-refractivity contribution in [3.05, 3.63) is 18.1 Å². The van der Waals surface area contributed by atoms with Crippen LogP contribution in [0.4, 0.5) is 5.82 Å². The Labute approximate surface area is 114 Å². The van der Waals surface area contributed by atoms with Crippen molar-refractivity contribution in [3.63, 3.8) is 0 Å². The fourth-order valence-corrected chi connectivity index (χ4v) is 2.32. The van der Waals surface area contributed by atoms with Gasteiger partial charge in [0.25, 0.3) is 5.91 Å². The van der Waals surface area contributed by atoms with Crippen LogP contribution in [0.15, 0.2) is 12.4 Å². The number of hydrogen-bond acceptors (Lipinski definition) is 4. The summed E-state index contributed by atoms with van der Waals surface area (Å²) in [6.45, 7) is 2.92. The first-order chi connectivity index (χ1) is 9.29. The number of hydrogen-bond donors (Lipinski definition) is 2. The highest BCUT2D eigenvalue weighted by Gasteiger charge is 2.17. The Bertz CT molecular complexity index is 416. The molecule has 1 fully saturated rings. The van der Waals surface area contributed by atoms with E-state index in [1.54, 1.807) is 6.20 Å². The number of carbonyl (C=O) groups is 1. The van der Waals surface area contributed by atoms with Crippen LogP contribution in [-0.2, 0) is 0 Å². The molecule has 1 aliphatic rings. The lowest BCUT2D eigenvalue weighted by atomic mass is 9.95. The predicted molar refractivity (Wildman–Crippen MR) is 75.2 cm³/mol. The summed E-state index contributed by atoms with van der Waals surface area (Å²) >= 11 is 0. The van der Waals surface area contributed by atoms with Crippen LogP contribution < -0.4 is 10.6 Å². The van der Waals surface area contributed by atoms with Crippen molar-refractivity contribution in [2.75, 3.05) is 11.9 Å². The molecule has 1 amide bonds. The molecule has 0 aliphatic heterocycles. The minimum atomic E-state index is -0.112. The molecule has 0 bridgehead atoms. The van der Waals surface area contributed by atoms with E-state index >= 15 is 0 Å². The lowest BCUT2D eigenvalue weighted by Crippen LogP contribution is -2.36. The summed E-state index contributed by atoms with van der Waals surface area (Å²) in [6.07, 6.45) is 10.0. The van der Waals surface area contributed by atoms with E-state index < -0.39 is 0 Å². The van der Waals surface area contributed by atoms with Crippen LogP contribution in [0.3, 0.4) is 0 Å². The van der Waals surface area contributed by atoms with Gasteiger partial charge in [0.05, 0.1) is 12.4 Å². The van der Waals surface area contributed by atoms with Crippen LogP contribution in [0.5, 0.6) is 0 Å². The van der Waals surface area contributed by atoms with Gasteiger partial charge in [-0.15, -0.1) is 0 Å². The van der Waals surface area contributed by atoms with E-state index in [1.165, 1.54) is 25.5 Å². The van der Waals surface area contributed by atoms with Gasteiger partial charge >= 0.3 is 0 Å². The third kappa shape index (κ3) is 4.19. The molecule has 104 valence electrons. The zero-order valence-corrected chi connectivity index (χ0v) is 11.5. The normalized spacial score (nSPS) is 16.1. The minimum Gasteiger partial charge on any atom is -0.369 e. The summed E-state index contributed by atoms with van der Waals surface area (Å²) in [5, 5.41) is 6.19. The van der Waals surface area contributed by atoms with Crippen molar-refractivity contribution >= 4 is 11.7 Å². The van der Waals surface area contributed by atoms with E-state index in [0.717, 1.165) is 25.8 Å². The minimum absolute atomic E-state index is 0.112. The monoisotopic (exact) mass is 262 g/mol. The number of nitrogens with zero attached hydrogens (tertiary/aromatic N) is 2. The summed E-state index contributed by atoms with van der Waals surface area (Å²) in [6, 6.07) is 0.301. The molecule has 1 aliphatic carbocycles. The molecular formula is C14H22N4O. The van der Waals surface area contributed by atoms with Gasteiger partial charge in [-0.2, -0.15) is 0 Å².